The van der Waals surface area contributed by atoms with Crippen molar-refractivity contribution in [3.8, 4) is 0 Å². The number of ether oxygens (including phenoxy) is 3. The summed E-state index contributed by atoms with van der Waals surface area (Å²) in [5, 5.41) is 21.8. The molecule has 34 heteroatoms. The van der Waals surface area contributed by atoms with Crippen molar-refractivity contribution in [3.05, 3.63) is 171 Å². The molecule has 7 heterocycles. The number of hydrogen-bond donors (Lipinski definition) is 9. The maximum absolute atomic E-state index is 15.4. The first-order valence-electron chi connectivity index (χ1n) is 33.1. The van der Waals surface area contributed by atoms with E-state index in [2.05, 4.69) is 56.6 Å². The molecule has 4 saturated heterocycles. The van der Waals surface area contributed by atoms with Crippen LogP contribution in [0.2, 0.25) is 23.2 Å². The van der Waals surface area contributed by atoms with Crippen LogP contribution in [0.5, 0.6) is 0 Å². The molecule has 2 aromatic carbocycles. The van der Waals surface area contributed by atoms with Crippen molar-refractivity contribution in [2.24, 2.45) is 0 Å². The summed E-state index contributed by atoms with van der Waals surface area (Å²) in [6.07, 6.45) is -7.82. The van der Waals surface area contributed by atoms with Gasteiger partial charge in [0.05, 0.1) is 19.3 Å². The highest BCUT2D eigenvalue weighted by Gasteiger charge is 2.57. The molecule has 0 bridgehead atoms. The van der Waals surface area contributed by atoms with Crippen molar-refractivity contribution < 1.29 is 65.2 Å². The quantitative estimate of drug-likeness (QED) is 0.0230. The van der Waals surface area contributed by atoms with Crippen LogP contribution in [-0.4, -0.2) is 186 Å². The minimum atomic E-state index is -5.52. The summed E-state index contributed by atoms with van der Waals surface area (Å²) in [4.78, 5) is 112. The molecule has 4 fully saturated rings. The van der Waals surface area contributed by atoms with Crippen molar-refractivity contribution in [2.75, 3.05) is 72.1 Å². The molecular weight excluding hydrogens is 1350 g/mol. The molecule has 0 spiro atoms. The molecule has 9 N–H and O–H groups in total. The Balaban J connectivity index is 1.07. The lowest BCUT2D eigenvalue weighted by Crippen LogP contribution is -2.68. The molecule has 0 saturated carbocycles. The summed E-state index contributed by atoms with van der Waals surface area (Å²) in [5.41, 5.74) is -4.32. The Bertz CT molecular complexity index is 3940. The first-order valence-corrected chi connectivity index (χ1v) is 41.0. The highest BCUT2D eigenvalue weighted by Crippen LogP contribution is 2.54. The topological polar surface area (TPSA) is 382 Å². The maximum Gasteiger partial charge on any atom is 0.472 e. The molecule has 98 heavy (non-hydrogen) atoms. The molecule has 9 rings (SSSR count). The Hall–Kier alpha value is -5.53. The van der Waals surface area contributed by atoms with Gasteiger partial charge in [-0.25, -0.2) is 23.5 Å². The molecule has 30 nitrogen and oxygen atoms in total. The Kier molecular flexibility index (Phi) is 25.5. The molecule has 4 aliphatic heterocycles. The van der Waals surface area contributed by atoms with Crippen molar-refractivity contribution >= 4 is 42.7 Å². The zero-order chi connectivity index (χ0) is 71.0. The number of hydrogen-bond acceptors (Lipinski definition) is 22. The Labute approximate surface area is 569 Å². The number of aryl methyl sites for hydroxylation is 2. The van der Waals surface area contributed by atoms with Gasteiger partial charge in [0.2, 0.25) is 0 Å². The van der Waals surface area contributed by atoms with E-state index in [1.54, 1.807) is 6.92 Å². The minimum absolute atomic E-state index is 0.0243. The van der Waals surface area contributed by atoms with Gasteiger partial charge in [0.15, 0.2) is 14.5 Å². The molecule has 5 aromatic rings. The van der Waals surface area contributed by atoms with E-state index in [1.807, 2.05) is 107 Å². The van der Waals surface area contributed by atoms with Crippen LogP contribution in [-0.2, 0) is 50.3 Å². The van der Waals surface area contributed by atoms with Gasteiger partial charge < -0.3 is 58.8 Å². The molecule has 0 radical (unpaired) electrons. The second-order valence-corrected chi connectivity index (χ2v) is 39.5. The van der Waals surface area contributed by atoms with Gasteiger partial charge in [-0.3, -0.25) is 61.1 Å². The molecule has 0 aliphatic carbocycles. The van der Waals surface area contributed by atoms with Crippen LogP contribution in [0.4, 0.5) is 0 Å². The third-order valence-corrected chi connectivity index (χ3v) is 30.2. The van der Waals surface area contributed by atoms with Gasteiger partial charge in [0.1, 0.15) is 55.2 Å². The highest BCUT2D eigenvalue weighted by molar-refractivity contribution is 7.47. The molecule has 540 valence electrons. The lowest BCUT2D eigenvalue weighted by molar-refractivity contribution is -0.0843. The summed E-state index contributed by atoms with van der Waals surface area (Å²) in [5.74, 6) is 0. The fourth-order valence-corrected chi connectivity index (χ4v) is 20.6. The number of aromatic amines is 3. The largest absolute Gasteiger partial charge is 0.472 e. The molecule has 3 aromatic heterocycles. The number of rotatable bonds is 25. The monoisotopic (exact) mass is 1440 g/mol. The summed E-state index contributed by atoms with van der Waals surface area (Å²) in [6.45, 7) is 24.1. The number of aromatic nitrogens is 6. The second-order valence-electron chi connectivity index (χ2n) is 27.7. The van der Waals surface area contributed by atoms with Crippen molar-refractivity contribution in [1.29, 1.82) is 0 Å². The summed E-state index contributed by atoms with van der Waals surface area (Å²) in [7, 11) is -17.4. The smallest absolute Gasteiger partial charge is 0.407 e. The van der Waals surface area contributed by atoms with E-state index in [0.29, 0.717) is 13.0 Å². The van der Waals surface area contributed by atoms with Gasteiger partial charge in [-0.1, -0.05) is 114 Å². The normalized spacial score (nSPS) is 26.0. The SMILES string of the molecule is Cc1cn([C@H]2C[C@H](O[Si](c3ccccc3)(c3ccccc3)C(C)(C)C)[C@@H]([C@H](C/C=C/CCN3CCNCCNCCNCC3)OP(=O)(O)O[C@H]3C[C@H](n4cc(C)c(=O)[nH]c4=O)O[C@@H]3COP(=O)(O)O[C@H]3[C@@H](O[Si](C)(C)C(C)(C)C)[C@H](n4ccc(=O)[nH]c4=O)O[C@@H]3CO)O2)c(=O)[nH]c1=O. The van der Waals surface area contributed by atoms with Gasteiger partial charge in [0, 0.05) is 108 Å². The fraction of sp³-hybridized carbons (Fsp3) is 0.594. The van der Waals surface area contributed by atoms with E-state index >= 15 is 4.57 Å². The highest BCUT2D eigenvalue weighted by atomic mass is 31.2. The standard InChI is InChI=1S/C64H96N10O20P2Si2/c1-42-38-73(61(80)69-57(42)77)52-36-47(50(87-52)41-86-95(82,83)92-55-49(40-75)88-59(72-33-25-51(76)68-60(72)79)56(55)94-97(9,10)63(3,4)5)91-96(84,85)90-46(24-18-13-19-32-71-34-30-66-28-26-65-27-29-67-31-35-71)54-48(37-53(89-54)74-39-43(2)58(78)70-62(74)81)93-98(64(6,7)8,44-20-14-11-15-21-44)45-22-16-12-17-23-45/h11-18,20-23,25,33,38-39,46-50,52-56,59,65-67,75H,19,24,26-32,34-37,40-41H2,1-10H3,(H,82,83)(H,84,85)(H,68,76,79)(H,69,77,80)(H,70,78,81)/b18-13+/t46-,47-,48-,49+,50+,52+,53+,54+,55+,56+,59+/m0/s1. The predicted molar refractivity (Wildman–Crippen MR) is 370 cm³/mol. The van der Waals surface area contributed by atoms with Crippen molar-refractivity contribution in [2.45, 2.75) is 172 Å². The molecule has 4 aliphatic rings. The van der Waals surface area contributed by atoms with Gasteiger partial charge in [0.25, 0.3) is 25.0 Å². The lowest BCUT2D eigenvalue weighted by Gasteiger charge is -2.45. The van der Waals surface area contributed by atoms with Crippen LogP contribution >= 0.6 is 15.6 Å². The number of aliphatic hydroxyl groups is 1. The minimum Gasteiger partial charge on any atom is -0.407 e. The van der Waals surface area contributed by atoms with Crippen LogP contribution in [0.1, 0.15) is 97.0 Å². The van der Waals surface area contributed by atoms with Crippen molar-refractivity contribution in [1.82, 2.24) is 49.5 Å². The van der Waals surface area contributed by atoms with E-state index in [9.17, 15) is 48.2 Å². The number of nitrogens with zero attached hydrogens (tertiary/aromatic N) is 4. The second kappa shape index (κ2) is 32.6. The Morgan fingerprint density at radius 1 is 0.633 bits per heavy atom. The fourth-order valence-electron chi connectivity index (χ4n) is 12.5. The zero-order valence-electron chi connectivity index (χ0n) is 57.2. The number of phosphoric ester groups is 2. The van der Waals surface area contributed by atoms with E-state index in [0.717, 1.165) is 84.1 Å². The maximum atomic E-state index is 15.4. The van der Waals surface area contributed by atoms with Crippen LogP contribution in [0.3, 0.4) is 0 Å². The predicted octanol–water partition coefficient (Wildman–Crippen LogP) is 2.85. The zero-order valence-corrected chi connectivity index (χ0v) is 60.9. The molecule has 2 unspecified atom stereocenters. The third-order valence-electron chi connectivity index (χ3n) is 18.7. The van der Waals surface area contributed by atoms with Crippen LogP contribution in [0.15, 0.2) is 126 Å². The first kappa shape index (κ1) is 76.6. The number of phosphoric acid groups is 2. The Morgan fingerprint density at radius 3 is 1.71 bits per heavy atom. The van der Waals surface area contributed by atoms with Crippen LogP contribution in [0, 0.1) is 13.8 Å². The number of nitrogens with one attached hydrogen (secondary N) is 6. The van der Waals surface area contributed by atoms with Gasteiger partial charge >= 0.3 is 32.7 Å². The summed E-state index contributed by atoms with van der Waals surface area (Å²) >= 11 is 0. The average molecular weight is 1440 g/mol. The molecule has 0 amide bonds. The van der Waals surface area contributed by atoms with Crippen molar-refractivity contribution in [3.63, 3.8) is 0 Å². The van der Waals surface area contributed by atoms with E-state index < -0.39 is 163 Å². The third kappa shape index (κ3) is 18.8. The first-order chi connectivity index (χ1) is 46.3. The van der Waals surface area contributed by atoms with Gasteiger partial charge in [-0.15, -0.1) is 0 Å². The van der Waals surface area contributed by atoms with Crippen LogP contribution < -0.4 is 60.1 Å². The van der Waals surface area contributed by atoms with Crippen LogP contribution in [0.25, 0.3) is 0 Å². The van der Waals surface area contributed by atoms with E-state index in [-0.39, 0.29) is 24.0 Å². The Morgan fingerprint density at radius 2 is 1.17 bits per heavy atom. The summed E-state index contributed by atoms with van der Waals surface area (Å²) < 4.78 is 91.2. The average Bonchev–Trinajstić information content (AvgIpc) is 1.14. The molecule has 13 atom stereocenters. The number of aliphatic hydroxyl groups excluding tert-OH is 1. The number of H-pyrrole nitrogens is 3. The van der Waals surface area contributed by atoms with Gasteiger partial charge in [-0.2, -0.15) is 0 Å². The lowest BCUT2D eigenvalue weighted by atomic mass is 10.0. The molecular formula is C64H96N10O20P2Si2. The van der Waals surface area contributed by atoms with Gasteiger partial charge in [-0.05, 0) is 60.2 Å². The number of benzene rings is 2. The van der Waals surface area contributed by atoms with E-state index in [1.165, 1.54) is 23.9 Å². The van der Waals surface area contributed by atoms with E-state index in [4.69, 9.17) is 41.2 Å². The summed E-state index contributed by atoms with van der Waals surface area (Å²) in [6, 6.07) is 20.6.